The van der Waals surface area contributed by atoms with Gasteiger partial charge in [-0.25, -0.2) is 0 Å². The van der Waals surface area contributed by atoms with Gasteiger partial charge in [-0.3, -0.25) is 0 Å². The summed E-state index contributed by atoms with van der Waals surface area (Å²) in [5, 5.41) is 15.5. The van der Waals surface area contributed by atoms with Crippen molar-refractivity contribution in [1.29, 1.82) is 0 Å². The van der Waals surface area contributed by atoms with E-state index in [0.717, 1.165) is 12.4 Å². The molecule has 1 aromatic heterocycles. The highest BCUT2D eigenvalue weighted by atomic mass is 16.5. The maximum Gasteiger partial charge on any atom is 0.176 e. The van der Waals surface area contributed by atoms with Crippen LogP contribution in [-0.2, 0) is 18.2 Å². The fraction of sp³-hybridized carbons (Fsp3) is 0.909. The molecule has 1 aromatic rings. The number of tetrazole rings is 1. The van der Waals surface area contributed by atoms with Crippen LogP contribution in [0.4, 0.5) is 0 Å². The predicted molar refractivity (Wildman–Crippen MR) is 65.7 cm³/mol. The number of nitrogens with one attached hydrogen (secondary N) is 1. The van der Waals surface area contributed by atoms with Gasteiger partial charge in [-0.15, -0.1) is 10.2 Å². The topological polar surface area (TPSA) is 64.9 Å². The Bertz CT molecular complexity index is 336. The molecule has 1 unspecified atom stereocenters. The number of rotatable bonds is 7. The van der Waals surface area contributed by atoms with Crippen LogP contribution in [0.1, 0.15) is 33.5 Å². The minimum absolute atomic E-state index is 0.177. The molecule has 0 amide bonds. The Balaban J connectivity index is 2.71. The van der Waals surface area contributed by atoms with E-state index in [0.29, 0.717) is 13.0 Å². The molecule has 98 valence electrons. The van der Waals surface area contributed by atoms with Crippen molar-refractivity contribution in [3.63, 3.8) is 0 Å². The first-order valence-corrected chi connectivity index (χ1v) is 6.09. The third kappa shape index (κ3) is 4.05. The van der Waals surface area contributed by atoms with Crippen molar-refractivity contribution < 1.29 is 4.74 Å². The van der Waals surface area contributed by atoms with Gasteiger partial charge in [0.15, 0.2) is 5.82 Å². The van der Waals surface area contributed by atoms with E-state index in [-0.39, 0.29) is 11.6 Å². The van der Waals surface area contributed by atoms with Crippen LogP contribution in [-0.4, -0.2) is 45.0 Å². The SMILES string of the molecule is CCNC(Cc1nnn(C)n1)C(C)(C)OCC. The Labute approximate surface area is 103 Å². The number of nitrogens with zero attached hydrogens (tertiary/aromatic N) is 4. The van der Waals surface area contributed by atoms with Crippen LogP contribution < -0.4 is 5.32 Å². The Kier molecular flexibility index (Phi) is 5.02. The van der Waals surface area contributed by atoms with Crippen LogP contribution in [0.15, 0.2) is 0 Å². The Morgan fingerprint density at radius 1 is 1.41 bits per heavy atom. The molecule has 6 nitrogen and oxygen atoms in total. The van der Waals surface area contributed by atoms with Crippen molar-refractivity contribution in [1.82, 2.24) is 25.5 Å². The van der Waals surface area contributed by atoms with E-state index < -0.39 is 0 Å². The van der Waals surface area contributed by atoms with Gasteiger partial charge in [-0.1, -0.05) is 6.92 Å². The lowest BCUT2D eigenvalue weighted by molar-refractivity contribution is -0.0381. The molecule has 1 heterocycles. The summed E-state index contributed by atoms with van der Waals surface area (Å²) in [6.07, 6.45) is 0.717. The number of aryl methyl sites for hydroxylation is 1. The van der Waals surface area contributed by atoms with Gasteiger partial charge >= 0.3 is 0 Å². The number of aromatic nitrogens is 4. The summed E-state index contributed by atoms with van der Waals surface area (Å²) >= 11 is 0. The molecule has 0 bridgehead atoms. The van der Waals surface area contributed by atoms with Gasteiger partial charge in [0.2, 0.25) is 0 Å². The second-order valence-electron chi connectivity index (χ2n) is 4.55. The summed E-state index contributed by atoms with van der Waals surface area (Å²) < 4.78 is 5.78. The summed E-state index contributed by atoms with van der Waals surface area (Å²) in [7, 11) is 1.77. The average molecular weight is 241 g/mol. The van der Waals surface area contributed by atoms with Crippen LogP contribution in [0, 0.1) is 0 Å². The Morgan fingerprint density at radius 2 is 2.12 bits per heavy atom. The van der Waals surface area contributed by atoms with Gasteiger partial charge in [0.1, 0.15) is 0 Å². The van der Waals surface area contributed by atoms with Gasteiger partial charge in [-0.05, 0) is 32.5 Å². The normalized spacial score (nSPS) is 13.9. The zero-order valence-electron chi connectivity index (χ0n) is 11.4. The molecule has 0 aromatic carbocycles. The average Bonchev–Trinajstić information content (AvgIpc) is 2.63. The van der Waals surface area contributed by atoms with Crippen molar-refractivity contribution in [2.24, 2.45) is 7.05 Å². The molecule has 0 aliphatic carbocycles. The maximum absolute atomic E-state index is 5.78. The Hall–Kier alpha value is -1.01. The molecule has 1 rings (SSSR count). The Morgan fingerprint density at radius 3 is 2.59 bits per heavy atom. The first-order valence-electron chi connectivity index (χ1n) is 6.09. The van der Waals surface area contributed by atoms with E-state index >= 15 is 0 Å². The van der Waals surface area contributed by atoms with Crippen molar-refractivity contribution >= 4 is 0 Å². The first-order chi connectivity index (χ1) is 7.99. The zero-order valence-corrected chi connectivity index (χ0v) is 11.4. The van der Waals surface area contributed by atoms with Gasteiger partial charge in [0, 0.05) is 19.1 Å². The quantitative estimate of drug-likeness (QED) is 0.755. The summed E-state index contributed by atoms with van der Waals surface area (Å²) in [5.41, 5.74) is -0.246. The highest BCUT2D eigenvalue weighted by molar-refractivity contribution is 4.93. The number of likely N-dealkylation sites (N-methyl/N-ethyl adjacent to an activating group) is 1. The molecule has 6 heteroatoms. The largest absolute Gasteiger partial charge is 0.374 e. The second-order valence-corrected chi connectivity index (χ2v) is 4.55. The molecule has 0 fully saturated rings. The van der Waals surface area contributed by atoms with Gasteiger partial charge in [0.25, 0.3) is 0 Å². The van der Waals surface area contributed by atoms with Crippen LogP contribution in [0.3, 0.4) is 0 Å². The smallest absolute Gasteiger partial charge is 0.176 e. The highest BCUT2D eigenvalue weighted by Crippen LogP contribution is 2.17. The summed E-state index contributed by atoms with van der Waals surface area (Å²) in [6.45, 7) is 9.84. The van der Waals surface area contributed by atoms with Crippen molar-refractivity contribution in [2.45, 2.75) is 45.8 Å². The van der Waals surface area contributed by atoms with Crippen molar-refractivity contribution in [2.75, 3.05) is 13.2 Å². The number of ether oxygens (including phenoxy) is 1. The number of hydrogen-bond acceptors (Lipinski definition) is 5. The monoisotopic (exact) mass is 241 g/mol. The summed E-state index contributed by atoms with van der Waals surface area (Å²) in [6, 6.07) is 0.177. The molecule has 1 N–H and O–H groups in total. The minimum Gasteiger partial charge on any atom is -0.374 e. The standard InChI is InChI=1S/C11H23N5O/c1-6-12-9(11(3,4)17-7-2)8-10-13-15-16(5)14-10/h9,12H,6-8H2,1-5H3. The predicted octanol–water partition coefficient (Wildman–Crippen LogP) is 0.546. The molecule has 0 spiro atoms. The van der Waals surface area contributed by atoms with Crippen molar-refractivity contribution in [3.05, 3.63) is 5.82 Å². The molecule has 0 saturated carbocycles. The van der Waals surface area contributed by atoms with Crippen molar-refractivity contribution in [3.8, 4) is 0 Å². The van der Waals surface area contributed by atoms with Crippen LogP contribution in [0.5, 0.6) is 0 Å². The van der Waals surface area contributed by atoms with Gasteiger partial charge < -0.3 is 10.1 Å². The van der Waals surface area contributed by atoms with Gasteiger partial charge in [-0.2, -0.15) is 4.80 Å². The zero-order chi connectivity index (χ0) is 12.9. The van der Waals surface area contributed by atoms with Gasteiger partial charge in [0.05, 0.1) is 12.6 Å². The molecule has 0 saturated heterocycles. The first kappa shape index (κ1) is 14.1. The molecular weight excluding hydrogens is 218 g/mol. The molecule has 0 aliphatic rings. The lowest BCUT2D eigenvalue weighted by Crippen LogP contribution is -2.50. The maximum atomic E-state index is 5.78. The fourth-order valence-corrected chi connectivity index (χ4v) is 1.87. The summed E-state index contributed by atoms with van der Waals surface area (Å²) in [4.78, 5) is 1.48. The third-order valence-corrected chi connectivity index (χ3v) is 2.74. The van der Waals surface area contributed by atoms with Crippen LogP contribution in [0.25, 0.3) is 0 Å². The van der Waals surface area contributed by atoms with Crippen LogP contribution in [0.2, 0.25) is 0 Å². The lowest BCUT2D eigenvalue weighted by atomic mass is 9.95. The molecule has 0 radical (unpaired) electrons. The lowest BCUT2D eigenvalue weighted by Gasteiger charge is -2.34. The summed E-state index contributed by atoms with van der Waals surface area (Å²) in [5.74, 6) is 0.742. The van der Waals surface area contributed by atoms with E-state index in [4.69, 9.17) is 4.74 Å². The van der Waals surface area contributed by atoms with E-state index in [1.165, 1.54) is 4.80 Å². The van der Waals surface area contributed by atoms with E-state index in [1.54, 1.807) is 7.05 Å². The molecule has 1 atom stereocenters. The fourth-order valence-electron chi connectivity index (χ4n) is 1.87. The highest BCUT2D eigenvalue weighted by Gasteiger charge is 2.30. The minimum atomic E-state index is -0.246. The third-order valence-electron chi connectivity index (χ3n) is 2.74. The molecular formula is C11H23N5O. The van der Waals surface area contributed by atoms with E-state index in [2.05, 4.69) is 41.5 Å². The van der Waals surface area contributed by atoms with E-state index in [9.17, 15) is 0 Å². The molecule has 0 aliphatic heterocycles. The van der Waals surface area contributed by atoms with Crippen LogP contribution >= 0.6 is 0 Å². The second kappa shape index (κ2) is 6.07. The number of hydrogen-bond donors (Lipinski definition) is 1. The molecule has 17 heavy (non-hydrogen) atoms. The van der Waals surface area contributed by atoms with E-state index in [1.807, 2.05) is 6.92 Å².